The molecule has 0 saturated heterocycles. The first-order valence-corrected chi connectivity index (χ1v) is 4.53. The molecule has 0 aliphatic heterocycles. The molecule has 64 valence electrons. The number of benzene rings is 1. The summed E-state index contributed by atoms with van der Waals surface area (Å²) in [5.74, 6) is 0. The molecular formula is C11H12BN. The zero-order valence-electron chi connectivity index (χ0n) is 7.88. The Morgan fingerprint density at radius 2 is 2.23 bits per heavy atom. The van der Waals surface area contributed by atoms with Gasteiger partial charge in [0.25, 0.3) is 0 Å². The van der Waals surface area contributed by atoms with Gasteiger partial charge in [-0.1, -0.05) is 31.8 Å². The molecule has 0 aromatic heterocycles. The molecule has 0 heterocycles. The molecule has 0 aliphatic carbocycles. The topological polar surface area (TPSA) is 23.8 Å². The van der Waals surface area contributed by atoms with E-state index in [1.54, 1.807) is 0 Å². The molecule has 1 aromatic rings. The second-order valence-electron chi connectivity index (χ2n) is 3.06. The molecule has 2 radical (unpaired) electrons. The van der Waals surface area contributed by atoms with Gasteiger partial charge in [-0.3, -0.25) is 0 Å². The van der Waals surface area contributed by atoms with Crippen molar-refractivity contribution in [3.05, 3.63) is 34.9 Å². The number of hydrogen-bond donors (Lipinski definition) is 0. The van der Waals surface area contributed by atoms with E-state index >= 15 is 0 Å². The maximum atomic E-state index is 8.84. The van der Waals surface area contributed by atoms with Crippen LogP contribution in [0.4, 0.5) is 0 Å². The molecule has 1 nitrogen and oxygen atoms in total. The minimum absolute atomic E-state index is 0.440. The minimum atomic E-state index is 0.440. The molecule has 0 fully saturated rings. The molecule has 0 spiro atoms. The largest absolute Gasteiger partial charge is 0.192 e. The van der Waals surface area contributed by atoms with Gasteiger partial charge in [0, 0.05) is 0 Å². The Hall–Kier alpha value is -1.23. The summed E-state index contributed by atoms with van der Waals surface area (Å²) < 4.78 is 0. The fraction of sp³-hybridized carbons (Fsp3) is 0.364. The Labute approximate surface area is 80.8 Å². The van der Waals surface area contributed by atoms with Crippen molar-refractivity contribution in [1.29, 1.82) is 5.26 Å². The monoisotopic (exact) mass is 169 g/mol. The van der Waals surface area contributed by atoms with Crippen LogP contribution in [-0.2, 0) is 12.7 Å². The molecule has 13 heavy (non-hydrogen) atoms. The van der Waals surface area contributed by atoms with Crippen molar-refractivity contribution in [2.45, 2.75) is 26.1 Å². The van der Waals surface area contributed by atoms with Crippen LogP contribution in [0.3, 0.4) is 0 Å². The number of nitrogens with zero attached hydrogens (tertiary/aromatic N) is 1. The first-order chi connectivity index (χ1) is 6.31. The fourth-order valence-corrected chi connectivity index (χ4v) is 1.35. The van der Waals surface area contributed by atoms with Gasteiger partial charge in [-0.15, -0.1) is 0 Å². The van der Waals surface area contributed by atoms with E-state index in [-0.39, 0.29) is 0 Å². The predicted octanol–water partition coefficient (Wildman–Crippen LogP) is 2.18. The van der Waals surface area contributed by atoms with Gasteiger partial charge in [-0.05, 0) is 23.6 Å². The van der Waals surface area contributed by atoms with Crippen molar-refractivity contribution >= 4 is 7.85 Å². The smallest absolute Gasteiger partial charge is 0.0994 e. The highest BCUT2D eigenvalue weighted by Crippen LogP contribution is 2.12. The summed E-state index contributed by atoms with van der Waals surface area (Å²) in [5, 5.41) is 8.84. The maximum Gasteiger partial charge on any atom is 0.0994 e. The van der Waals surface area contributed by atoms with Crippen LogP contribution >= 0.6 is 0 Å². The molecule has 2 heteroatoms. The van der Waals surface area contributed by atoms with Crippen LogP contribution in [0.15, 0.2) is 18.2 Å². The third-order valence-corrected chi connectivity index (χ3v) is 2.05. The summed E-state index contributed by atoms with van der Waals surface area (Å²) >= 11 is 0. The van der Waals surface area contributed by atoms with Crippen molar-refractivity contribution in [3.63, 3.8) is 0 Å². The van der Waals surface area contributed by atoms with Crippen molar-refractivity contribution in [1.82, 2.24) is 0 Å². The van der Waals surface area contributed by atoms with Crippen LogP contribution in [-0.4, -0.2) is 7.85 Å². The summed E-state index contributed by atoms with van der Waals surface area (Å²) in [5.41, 5.74) is 2.87. The van der Waals surface area contributed by atoms with Gasteiger partial charge in [0.15, 0.2) is 0 Å². The molecule has 0 atom stereocenters. The molecule has 0 aliphatic rings. The highest BCUT2D eigenvalue weighted by atomic mass is 14.2. The van der Waals surface area contributed by atoms with Gasteiger partial charge in [-0.2, -0.15) is 5.26 Å². The molecular weight excluding hydrogens is 157 g/mol. The lowest BCUT2D eigenvalue weighted by atomic mass is 9.91. The molecule has 0 saturated carbocycles. The van der Waals surface area contributed by atoms with Crippen molar-refractivity contribution in [2.24, 2.45) is 0 Å². The molecule has 0 bridgehead atoms. The van der Waals surface area contributed by atoms with E-state index < -0.39 is 0 Å². The number of rotatable bonds is 3. The standard InChI is InChI=1S/C11H12BN/c1-2-3-9-4-5-10(7-12)11(6-9)8-13/h4-6H,2-3,7H2,1H3. The van der Waals surface area contributed by atoms with Crippen LogP contribution in [0.2, 0.25) is 0 Å². The van der Waals surface area contributed by atoms with Crippen LogP contribution < -0.4 is 0 Å². The van der Waals surface area contributed by atoms with E-state index in [0.29, 0.717) is 11.9 Å². The number of aryl methyl sites for hydroxylation is 1. The average Bonchev–Trinajstić information content (AvgIpc) is 2.18. The summed E-state index contributed by atoms with van der Waals surface area (Å²) in [4.78, 5) is 0. The van der Waals surface area contributed by atoms with Gasteiger partial charge in [0.1, 0.15) is 0 Å². The summed E-state index contributed by atoms with van der Waals surface area (Å²) in [6.07, 6.45) is 2.57. The third kappa shape index (κ3) is 2.35. The predicted molar refractivity (Wildman–Crippen MR) is 54.6 cm³/mol. The molecule has 0 N–H and O–H groups in total. The Morgan fingerprint density at radius 1 is 1.46 bits per heavy atom. The molecule has 1 aromatic carbocycles. The fourth-order valence-electron chi connectivity index (χ4n) is 1.35. The minimum Gasteiger partial charge on any atom is -0.192 e. The number of hydrogen-bond acceptors (Lipinski definition) is 1. The van der Waals surface area contributed by atoms with Crippen LogP contribution in [0.25, 0.3) is 0 Å². The van der Waals surface area contributed by atoms with Crippen LogP contribution in [0.1, 0.15) is 30.0 Å². The van der Waals surface area contributed by atoms with E-state index in [4.69, 9.17) is 13.1 Å². The molecule has 0 unspecified atom stereocenters. The molecule has 0 amide bonds. The second-order valence-corrected chi connectivity index (χ2v) is 3.06. The highest BCUT2D eigenvalue weighted by molar-refractivity contribution is 6.08. The lowest BCUT2D eigenvalue weighted by Crippen LogP contribution is -1.92. The van der Waals surface area contributed by atoms with E-state index in [1.165, 1.54) is 5.56 Å². The van der Waals surface area contributed by atoms with Gasteiger partial charge < -0.3 is 0 Å². The SMILES string of the molecule is [B]Cc1ccc(CCC)cc1C#N. The zero-order chi connectivity index (χ0) is 9.68. The summed E-state index contributed by atoms with van der Waals surface area (Å²) in [6, 6.07) is 8.10. The Morgan fingerprint density at radius 3 is 2.77 bits per heavy atom. The first-order valence-electron chi connectivity index (χ1n) is 4.53. The van der Waals surface area contributed by atoms with Crippen molar-refractivity contribution in [2.75, 3.05) is 0 Å². The van der Waals surface area contributed by atoms with E-state index in [9.17, 15) is 0 Å². The highest BCUT2D eigenvalue weighted by Gasteiger charge is 2.00. The number of nitriles is 1. The average molecular weight is 169 g/mol. The van der Waals surface area contributed by atoms with Gasteiger partial charge >= 0.3 is 0 Å². The third-order valence-electron chi connectivity index (χ3n) is 2.05. The lowest BCUT2D eigenvalue weighted by molar-refractivity contribution is 0.920. The second kappa shape index (κ2) is 4.72. The zero-order valence-corrected chi connectivity index (χ0v) is 7.88. The normalized spacial score (nSPS) is 9.54. The van der Waals surface area contributed by atoms with Crippen molar-refractivity contribution in [3.8, 4) is 6.07 Å². The van der Waals surface area contributed by atoms with Crippen molar-refractivity contribution < 1.29 is 0 Å². The van der Waals surface area contributed by atoms with Gasteiger partial charge in [-0.25, -0.2) is 0 Å². The Kier molecular flexibility index (Phi) is 3.58. The summed E-state index contributed by atoms with van der Waals surface area (Å²) in [7, 11) is 5.50. The Bertz CT molecular complexity index is 325. The first kappa shape index (κ1) is 9.86. The van der Waals surface area contributed by atoms with Gasteiger partial charge in [0.2, 0.25) is 0 Å². The van der Waals surface area contributed by atoms with E-state index in [0.717, 1.165) is 18.4 Å². The summed E-state index contributed by atoms with van der Waals surface area (Å²) in [6.45, 7) is 2.13. The van der Waals surface area contributed by atoms with Crippen LogP contribution in [0, 0.1) is 11.3 Å². The van der Waals surface area contributed by atoms with Crippen LogP contribution in [0.5, 0.6) is 0 Å². The quantitative estimate of drug-likeness (QED) is 0.636. The Balaban J connectivity index is 3.00. The van der Waals surface area contributed by atoms with Gasteiger partial charge in [0.05, 0.1) is 19.5 Å². The van der Waals surface area contributed by atoms with E-state index in [1.807, 2.05) is 18.2 Å². The lowest BCUT2D eigenvalue weighted by Gasteiger charge is -2.03. The molecule has 1 rings (SSSR count). The van der Waals surface area contributed by atoms with E-state index in [2.05, 4.69) is 13.0 Å². The maximum absolute atomic E-state index is 8.84.